The van der Waals surface area contributed by atoms with E-state index in [0.717, 1.165) is 19.1 Å². The van der Waals surface area contributed by atoms with Crippen LogP contribution < -0.4 is 10.6 Å². The number of rotatable bonds is 1. The maximum atomic E-state index is 4.38. The number of nitrogens with zero attached hydrogens (tertiary/aromatic N) is 2. The minimum Gasteiger partial charge on any atom is -0.315 e. The molecule has 3 heteroatoms. The van der Waals surface area contributed by atoms with Crippen LogP contribution in [0.1, 0.15) is 19.3 Å². The predicted molar refractivity (Wildman–Crippen MR) is 53.9 cm³/mol. The summed E-state index contributed by atoms with van der Waals surface area (Å²) in [4.78, 5) is 2.62. The van der Waals surface area contributed by atoms with Gasteiger partial charge in [0, 0.05) is 38.8 Å². The van der Waals surface area contributed by atoms with Crippen LogP contribution in [0.15, 0.2) is 0 Å². The highest BCUT2D eigenvalue weighted by Crippen LogP contribution is 2.11. The molecule has 0 spiro atoms. The quantitative estimate of drug-likeness (QED) is 0.621. The summed E-state index contributed by atoms with van der Waals surface area (Å²) >= 11 is 0. The van der Waals surface area contributed by atoms with Crippen LogP contribution >= 0.6 is 0 Å². The molecule has 1 unspecified atom stereocenters. The van der Waals surface area contributed by atoms with Crippen molar-refractivity contribution in [3.05, 3.63) is 0 Å². The molecule has 2 aliphatic heterocycles. The molecule has 2 heterocycles. The molecule has 1 atom stereocenters. The summed E-state index contributed by atoms with van der Waals surface area (Å²) in [5, 5.41) is 7.91. The van der Waals surface area contributed by atoms with Crippen molar-refractivity contribution in [3.63, 3.8) is 0 Å². The number of piperazine rings is 1. The predicted octanol–water partition coefficient (Wildman–Crippen LogP) is 0.0485. The van der Waals surface area contributed by atoms with Crippen LogP contribution in [0.4, 0.5) is 0 Å². The molecule has 2 aliphatic rings. The SMILES string of the molecule is C1CCC(N2CC[N]CC2)CNC1. The molecule has 1 radical (unpaired) electrons. The van der Waals surface area contributed by atoms with E-state index >= 15 is 0 Å². The van der Waals surface area contributed by atoms with Crippen molar-refractivity contribution in [2.24, 2.45) is 0 Å². The average molecular weight is 182 g/mol. The Morgan fingerprint density at radius 1 is 1.15 bits per heavy atom. The minimum atomic E-state index is 0.790. The van der Waals surface area contributed by atoms with E-state index in [2.05, 4.69) is 15.5 Å². The van der Waals surface area contributed by atoms with E-state index in [9.17, 15) is 0 Å². The Balaban J connectivity index is 1.82. The van der Waals surface area contributed by atoms with Gasteiger partial charge in [0.15, 0.2) is 0 Å². The van der Waals surface area contributed by atoms with Crippen molar-refractivity contribution in [3.8, 4) is 0 Å². The smallest absolute Gasteiger partial charge is 0.0261 e. The molecular formula is C10H20N3. The van der Waals surface area contributed by atoms with Gasteiger partial charge in [-0.25, -0.2) is 5.32 Å². The van der Waals surface area contributed by atoms with E-state index in [-0.39, 0.29) is 0 Å². The standard InChI is InChI=1S/C10H20N3/c1-2-4-12-9-10(3-1)13-7-5-11-6-8-13/h10,12H,1-9H2. The van der Waals surface area contributed by atoms with Gasteiger partial charge in [-0.1, -0.05) is 6.42 Å². The van der Waals surface area contributed by atoms with Crippen molar-refractivity contribution in [1.29, 1.82) is 0 Å². The Morgan fingerprint density at radius 3 is 2.85 bits per heavy atom. The van der Waals surface area contributed by atoms with E-state index in [1.165, 1.54) is 45.4 Å². The lowest BCUT2D eigenvalue weighted by molar-refractivity contribution is 0.164. The van der Waals surface area contributed by atoms with Gasteiger partial charge in [0.1, 0.15) is 0 Å². The first-order valence-electron chi connectivity index (χ1n) is 5.55. The van der Waals surface area contributed by atoms with Crippen molar-refractivity contribution >= 4 is 0 Å². The van der Waals surface area contributed by atoms with Crippen LogP contribution in [0, 0.1) is 0 Å². The first-order valence-corrected chi connectivity index (χ1v) is 5.55. The molecule has 0 aromatic rings. The van der Waals surface area contributed by atoms with Gasteiger partial charge in [-0.05, 0) is 19.4 Å². The second-order valence-corrected chi connectivity index (χ2v) is 4.06. The topological polar surface area (TPSA) is 29.4 Å². The zero-order valence-electron chi connectivity index (χ0n) is 8.34. The summed E-state index contributed by atoms with van der Waals surface area (Å²) in [6.45, 7) is 6.89. The number of hydrogen-bond donors (Lipinski definition) is 1. The average Bonchev–Trinajstić information content (AvgIpc) is 2.47. The Hall–Kier alpha value is -0.120. The number of hydrogen-bond acceptors (Lipinski definition) is 2. The zero-order valence-corrected chi connectivity index (χ0v) is 8.34. The Morgan fingerprint density at radius 2 is 2.00 bits per heavy atom. The molecule has 2 rings (SSSR count). The van der Waals surface area contributed by atoms with Crippen molar-refractivity contribution in [2.75, 3.05) is 39.3 Å². The van der Waals surface area contributed by atoms with Crippen LogP contribution in [-0.2, 0) is 0 Å². The van der Waals surface area contributed by atoms with Gasteiger partial charge in [-0.2, -0.15) is 0 Å². The van der Waals surface area contributed by atoms with Gasteiger partial charge in [-0.3, -0.25) is 4.90 Å². The lowest BCUT2D eigenvalue weighted by Crippen LogP contribution is -2.49. The molecule has 2 fully saturated rings. The van der Waals surface area contributed by atoms with Crippen molar-refractivity contribution < 1.29 is 0 Å². The highest BCUT2D eigenvalue weighted by Gasteiger charge is 2.21. The Labute approximate surface area is 80.9 Å². The van der Waals surface area contributed by atoms with E-state index in [1.807, 2.05) is 0 Å². The lowest BCUT2D eigenvalue weighted by atomic mass is 10.1. The monoisotopic (exact) mass is 182 g/mol. The first kappa shape index (κ1) is 9.44. The summed E-state index contributed by atoms with van der Waals surface area (Å²) in [7, 11) is 0. The van der Waals surface area contributed by atoms with Crippen LogP contribution in [0.2, 0.25) is 0 Å². The third kappa shape index (κ3) is 2.66. The van der Waals surface area contributed by atoms with Gasteiger partial charge in [0.2, 0.25) is 0 Å². The van der Waals surface area contributed by atoms with Gasteiger partial charge >= 0.3 is 0 Å². The maximum Gasteiger partial charge on any atom is 0.0261 e. The first-order chi connectivity index (χ1) is 6.47. The van der Waals surface area contributed by atoms with Crippen molar-refractivity contribution in [1.82, 2.24) is 15.5 Å². The highest BCUT2D eigenvalue weighted by atomic mass is 15.2. The third-order valence-electron chi connectivity index (χ3n) is 3.13. The van der Waals surface area contributed by atoms with E-state index < -0.39 is 0 Å². The molecular weight excluding hydrogens is 162 g/mol. The van der Waals surface area contributed by atoms with Crippen molar-refractivity contribution in [2.45, 2.75) is 25.3 Å². The molecule has 3 nitrogen and oxygen atoms in total. The van der Waals surface area contributed by atoms with E-state index in [1.54, 1.807) is 0 Å². The zero-order chi connectivity index (χ0) is 8.93. The second kappa shape index (κ2) is 4.94. The fourth-order valence-corrected chi connectivity index (χ4v) is 2.30. The number of nitrogens with one attached hydrogen (secondary N) is 1. The molecule has 0 aliphatic carbocycles. The van der Waals surface area contributed by atoms with Gasteiger partial charge in [0.25, 0.3) is 0 Å². The van der Waals surface area contributed by atoms with Crippen LogP contribution in [0.3, 0.4) is 0 Å². The fourth-order valence-electron chi connectivity index (χ4n) is 2.30. The molecule has 13 heavy (non-hydrogen) atoms. The summed E-state index contributed by atoms with van der Waals surface area (Å²) in [6, 6.07) is 0.790. The molecule has 0 bridgehead atoms. The molecule has 2 saturated heterocycles. The second-order valence-electron chi connectivity index (χ2n) is 4.06. The van der Waals surface area contributed by atoms with Crippen LogP contribution in [-0.4, -0.2) is 50.2 Å². The third-order valence-corrected chi connectivity index (χ3v) is 3.13. The fraction of sp³-hybridized carbons (Fsp3) is 1.00. The summed E-state index contributed by atoms with van der Waals surface area (Å²) in [6.07, 6.45) is 4.13. The molecule has 0 aromatic heterocycles. The molecule has 0 amide bonds. The Kier molecular flexibility index (Phi) is 3.58. The van der Waals surface area contributed by atoms with Crippen LogP contribution in [0.25, 0.3) is 0 Å². The molecule has 75 valence electrons. The maximum absolute atomic E-state index is 4.38. The van der Waals surface area contributed by atoms with E-state index in [0.29, 0.717) is 0 Å². The minimum absolute atomic E-state index is 0.790. The highest BCUT2D eigenvalue weighted by molar-refractivity contribution is 4.80. The van der Waals surface area contributed by atoms with Crippen LogP contribution in [0.5, 0.6) is 0 Å². The largest absolute Gasteiger partial charge is 0.315 e. The Bertz CT molecular complexity index is 135. The van der Waals surface area contributed by atoms with Gasteiger partial charge in [-0.15, -0.1) is 0 Å². The lowest BCUT2D eigenvalue weighted by Gasteiger charge is -2.33. The summed E-state index contributed by atoms with van der Waals surface area (Å²) in [5.74, 6) is 0. The molecule has 1 N–H and O–H groups in total. The van der Waals surface area contributed by atoms with Gasteiger partial charge < -0.3 is 5.32 Å². The van der Waals surface area contributed by atoms with Gasteiger partial charge in [0.05, 0.1) is 0 Å². The molecule has 0 aromatic carbocycles. The van der Waals surface area contributed by atoms with E-state index in [4.69, 9.17) is 0 Å². The normalized spacial score (nSPS) is 32.8. The molecule has 0 saturated carbocycles. The summed E-state index contributed by atoms with van der Waals surface area (Å²) in [5.41, 5.74) is 0. The summed E-state index contributed by atoms with van der Waals surface area (Å²) < 4.78 is 0.